The van der Waals surface area contributed by atoms with Gasteiger partial charge in [0.05, 0.1) is 36.1 Å². The Morgan fingerprint density at radius 1 is 1.16 bits per heavy atom. The van der Waals surface area contributed by atoms with Crippen molar-refractivity contribution in [2.24, 2.45) is 40.4 Å². The van der Waals surface area contributed by atoms with Crippen molar-refractivity contribution in [3.05, 3.63) is 35.9 Å². The summed E-state index contributed by atoms with van der Waals surface area (Å²) in [5.41, 5.74) is -1.68. The highest BCUT2D eigenvalue weighted by atomic mass is 16.6. The predicted molar refractivity (Wildman–Crippen MR) is 137 cm³/mol. The standard InChI is InChI=1S/C30H41NO7/c1-4-31-14-28(15-36-2)11-10-20(32)30-18-12-17-19(37-3)13-29(35,22(26(30)31)23(33)25(28)30)21(18)24(17)38-27(34)16-8-6-5-7-9-16/h5-9,17-26,32-33,35H,4,10-15H2,1-3H3/t17-,18-,19+,20+,21-,22+,23+,24+,25-,26-,28+,29-,30+/m1/s1. The molecule has 5 saturated carbocycles. The SMILES string of the molecule is CCN1C[C@]2(COC)CC[C@H](O)[C@@]34[C@@H]5C[C@H]6[C@H](OC(=O)c7ccccc7)[C@@H]5[C@](O)(C[C@@H]6OC)[C@@H]([C@H](O)[C@H]23)[C@@H]14. The number of likely N-dealkylation sites (tertiary alicyclic amines) is 1. The lowest BCUT2D eigenvalue weighted by Gasteiger charge is -2.68. The van der Waals surface area contributed by atoms with Crippen LogP contribution in [0.4, 0.5) is 0 Å². The third-order valence-corrected chi connectivity index (χ3v) is 12.1. The minimum Gasteiger partial charge on any atom is -0.458 e. The van der Waals surface area contributed by atoms with Crippen molar-refractivity contribution in [3.8, 4) is 0 Å². The summed E-state index contributed by atoms with van der Waals surface area (Å²) >= 11 is 0. The minimum atomic E-state index is -1.27. The second kappa shape index (κ2) is 8.48. The molecule has 38 heavy (non-hydrogen) atoms. The van der Waals surface area contributed by atoms with Gasteiger partial charge in [-0.15, -0.1) is 0 Å². The van der Waals surface area contributed by atoms with Crippen molar-refractivity contribution in [3.63, 3.8) is 0 Å². The first-order valence-corrected chi connectivity index (χ1v) is 14.4. The molecule has 3 N–H and O–H groups in total. The maximum Gasteiger partial charge on any atom is 0.338 e. The van der Waals surface area contributed by atoms with Crippen molar-refractivity contribution < 1.29 is 34.3 Å². The first-order valence-electron chi connectivity index (χ1n) is 14.4. The third-order valence-electron chi connectivity index (χ3n) is 12.1. The first kappa shape index (κ1) is 25.4. The molecule has 8 heteroatoms. The Kier molecular flexibility index (Phi) is 5.67. The van der Waals surface area contributed by atoms with Crippen LogP contribution in [0.2, 0.25) is 0 Å². The zero-order valence-electron chi connectivity index (χ0n) is 22.5. The number of hydrogen-bond acceptors (Lipinski definition) is 8. The topological polar surface area (TPSA) is 109 Å². The molecular weight excluding hydrogens is 486 g/mol. The van der Waals surface area contributed by atoms with Crippen LogP contribution in [-0.4, -0.2) is 96.2 Å². The smallest absolute Gasteiger partial charge is 0.338 e. The number of fused-ring (bicyclic) bond motifs is 2. The van der Waals surface area contributed by atoms with Crippen LogP contribution < -0.4 is 0 Å². The highest BCUT2D eigenvalue weighted by Crippen LogP contribution is 2.79. The van der Waals surface area contributed by atoms with Gasteiger partial charge < -0.3 is 29.5 Å². The van der Waals surface area contributed by atoms with Gasteiger partial charge in [0, 0.05) is 67.7 Å². The van der Waals surface area contributed by atoms with E-state index in [9.17, 15) is 20.1 Å². The molecule has 7 bridgehead atoms. The fourth-order valence-electron chi connectivity index (χ4n) is 11.3. The van der Waals surface area contributed by atoms with Crippen LogP contribution in [0.1, 0.15) is 43.0 Å². The fraction of sp³-hybridized carbons (Fsp3) is 0.767. The lowest BCUT2D eigenvalue weighted by Crippen LogP contribution is -2.76. The minimum absolute atomic E-state index is 0.0736. The van der Waals surface area contributed by atoms with E-state index in [1.165, 1.54) is 0 Å². The van der Waals surface area contributed by atoms with E-state index in [2.05, 4.69) is 11.8 Å². The lowest BCUT2D eigenvalue weighted by molar-refractivity contribution is -0.272. The van der Waals surface area contributed by atoms with Crippen molar-refractivity contribution in [1.29, 1.82) is 0 Å². The summed E-state index contributed by atoms with van der Waals surface area (Å²) < 4.78 is 18.1. The first-order chi connectivity index (χ1) is 18.3. The van der Waals surface area contributed by atoms with Crippen molar-refractivity contribution in [2.75, 3.05) is 33.9 Å². The van der Waals surface area contributed by atoms with Crippen LogP contribution in [0.25, 0.3) is 0 Å². The Labute approximate surface area is 224 Å². The molecule has 1 heterocycles. The maximum absolute atomic E-state index is 13.3. The summed E-state index contributed by atoms with van der Waals surface area (Å²) in [6.45, 7) is 4.23. The number of esters is 1. The molecule has 0 aromatic heterocycles. The summed E-state index contributed by atoms with van der Waals surface area (Å²) in [6.07, 6.45) is 0.326. The molecule has 5 aliphatic carbocycles. The van der Waals surface area contributed by atoms with E-state index in [4.69, 9.17) is 14.2 Å². The van der Waals surface area contributed by atoms with Gasteiger partial charge in [-0.3, -0.25) is 4.90 Å². The second-order valence-corrected chi connectivity index (χ2v) is 13.1. The highest BCUT2D eigenvalue weighted by molar-refractivity contribution is 5.89. The van der Waals surface area contributed by atoms with E-state index in [1.807, 2.05) is 18.2 Å². The normalized spacial score (nSPS) is 52.2. The Morgan fingerprint density at radius 2 is 1.92 bits per heavy atom. The fourth-order valence-corrected chi connectivity index (χ4v) is 11.3. The molecule has 0 amide bonds. The van der Waals surface area contributed by atoms with Crippen LogP contribution in [0.3, 0.4) is 0 Å². The molecule has 1 aromatic carbocycles. The largest absolute Gasteiger partial charge is 0.458 e. The van der Waals surface area contributed by atoms with Crippen molar-refractivity contribution in [2.45, 2.75) is 68.7 Å². The quantitative estimate of drug-likeness (QED) is 0.480. The summed E-state index contributed by atoms with van der Waals surface area (Å²) in [7, 11) is 3.38. The van der Waals surface area contributed by atoms with Crippen LogP contribution in [0.5, 0.6) is 0 Å². The zero-order chi connectivity index (χ0) is 26.6. The number of carbonyl (C=O) groups is 1. The molecule has 0 unspecified atom stereocenters. The molecule has 208 valence electrons. The molecule has 0 radical (unpaired) electrons. The van der Waals surface area contributed by atoms with Crippen LogP contribution >= 0.6 is 0 Å². The number of benzene rings is 1. The second-order valence-electron chi connectivity index (χ2n) is 13.1. The number of methoxy groups -OCH3 is 2. The van der Waals surface area contributed by atoms with Gasteiger partial charge in [0.1, 0.15) is 6.10 Å². The van der Waals surface area contributed by atoms with Gasteiger partial charge in [-0.25, -0.2) is 4.79 Å². The van der Waals surface area contributed by atoms with Gasteiger partial charge in [-0.05, 0) is 43.9 Å². The van der Waals surface area contributed by atoms with Gasteiger partial charge in [0.25, 0.3) is 0 Å². The van der Waals surface area contributed by atoms with Gasteiger partial charge in [-0.2, -0.15) is 0 Å². The molecule has 6 aliphatic rings. The number of piperidine rings is 1. The van der Waals surface area contributed by atoms with E-state index in [1.54, 1.807) is 26.4 Å². The van der Waals surface area contributed by atoms with Crippen molar-refractivity contribution in [1.82, 2.24) is 4.90 Å². The van der Waals surface area contributed by atoms with E-state index < -0.39 is 41.2 Å². The monoisotopic (exact) mass is 527 g/mol. The summed E-state index contributed by atoms with van der Waals surface area (Å²) in [5.74, 6) is -1.58. The number of ether oxygens (including phenoxy) is 3. The van der Waals surface area contributed by atoms with E-state index in [0.29, 0.717) is 31.4 Å². The van der Waals surface area contributed by atoms with Gasteiger partial charge in [0.15, 0.2) is 0 Å². The Bertz CT molecular complexity index is 1100. The Balaban J connectivity index is 1.39. The number of nitrogens with zero attached hydrogens (tertiary/aromatic N) is 1. The summed E-state index contributed by atoms with van der Waals surface area (Å²) in [6, 6.07) is 8.85. The Hall–Kier alpha value is -1.55. The highest BCUT2D eigenvalue weighted by Gasteiger charge is 2.86. The number of aliphatic hydroxyl groups excluding tert-OH is 2. The molecule has 6 fully saturated rings. The molecule has 1 aromatic rings. The molecule has 8 nitrogen and oxygen atoms in total. The summed E-state index contributed by atoms with van der Waals surface area (Å²) in [4.78, 5) is 15.8. The molecule has 1 saturated heterocycles. The Morgan fingerprint density at radius 3 is 2.61 bits per heavy atom. The van der Waals surface area contributed by atoms with Gasteiger partial charge in [0.2, 0.25) is 0 Å². The van der Waals surface area contributed by atoms with Crippen LogP contribution in [-0.2, 0) is 14.2 Å². The average Bonchev–Trinajstić information content (AvgIpc) is 3.34. The lowest BCUT2D eigenvalue weighted by atomic mass is 9.43. The molecule has 13 atom stereocenters. The van der Waals surface area contributed by atoms with Crippen LogP contribution in [0, 0.1) is 40.4 Å². The van der Waals surface area contributed by atoms with Gasteiger partial charge in [-0.1, -0.05) is 25.1 Å². The third kappa shape index (κ3) is 2.84. The number of carbonyl (C=O) groups excluding carboxylic acids is 1. The van der Waals surface area contributed by atoms with Gasteiger partial charge >= 0.3 is 5.97 Å². The summed E-state index contributed by atoms with van der Waals surface area (Å²) in [5, 5.41) is 37.1. The maximum atomic E-state index is 13.3. The average molecular weight is 528 g/mol. The predicted octanol–water partition coefficient (Wildman–Crippen LogP) is 1.71. The van der Waals surface area contributed by atoms with Crippen LogP contribution in [0.15, 0.2) is 30.3 Å². The van der Waals surface area contributed by atoms with E-state index in [-0.39, 0.29) is 41.2 Å². The molecule has 1 aliphatic heterocycles. The molecular formula is C30H41NO7. The molecule has 1 spiro atoms. The number of aliphatic hydroxyl groups is 3. The van der Waals surface area contributed by atoms with E-state index >= 15 is 0 Å². The molecule has 7 rings (SSSR count). The van der Waals surface area contributed by atoms with Crippen molar-refractivity contribution >= 4 is 5.97 Å². The number of hydrogen-bond donors (Lipinski definition) is 3. The van der Waals surface area contributed by atoms with E-state index in [0.717, 1.165) is 19.5 Å². The zero-order valence-corrected chi connectivity index (χ0v) is 22.5. The number of rotatable bonds is 6.